The number of ether oxygens (including phenoxy) is 2. The Morgan fingerprint density at radius 3 is 2.95 bits per heavy atom. The number of hydrogen-bond acceptors (Lipinski definition) is 4. The summed E-state index contributed by atoms with van der Waals surface area (Å²) in [6, 6.07) is 9.51. The number of rotatable bonds is 4. The van der Waals surface area contributed by atoms with Crippen LogP contribution in [0.4, 0.5) is 0 Å². The van der Waals surface area contributed by atoms with Gasteiger partial charge in [-0.05, 0) is 34.5 Å². The van der Waals surface area contributed by atoms with Gasteiger partial charge in [-0.25, -0.2) is 0 Å². The van der Waals surface area contributed by atoms with Crippen molar-refractivity contribution < 1.29 is 14.3 Å². The predicted molar refractivity (Wildman–Crippen MR) is 77.4 cm³/mol. The average molecular weight is 289 g/mol. The van der Waals surface area contributed by atoms with Gasteiger partial charge in [0.1, 0.15) is 12.7 Å². The van der Waals surface area contributed by atoms with Crippen LogP contribution in [0.5, 0.6) is 11.5 Å². The summed E-state index contributed by atoms with van der Waals surface area (Å²) in [5.41, 5.74) is 1.04. The molecule has 0 saturated carbocycles. The fraction of sp³-hybridized carbons (Fsp3) is 0.267. The Hall–Kier alpha value is -2.01. The van der Waals surface area contributed by atoms with E-state index in [0.717, 1.165) is 17.1 Å². The van der Waals surface area contributed by atoms with Gasteiger partial charge in [0.25, 0.3) is 0 Å². The molecule has 0 fully saturated rings. The van der Waals surface area contributed by atoms with Crippen molar-refractivity contribution in [1.82, 2.24) is 5.32 Å². The zero-order valence-electron chi connectivity index (χ0n) is 10.9. The van der Waals surface area contributed by atoms with Crippen molar-refractivity contribution in [2.45, 2.75) is 12.5 Å². The van der Waals surface area contributed by atoms with E-state index in [1.165, 1.54) is 0 Å². The lowest BCUT2D eigenvalue weighted by Crippen LogP contribution is -2.41. The topological polar surface area (TPSA) is 47.6 Å². The number of fused-ring (bicyclic) bond motifs is 1. The molecule has 0 saturated heterocycles. The molecular formula is C15H15NO3S. The summed E-state index contributed by atoms with van der Waals surface area (Å²) in [6.07, 6.45) is 0.268. The molecule has 0 aliphatic carbocycles. The molecule has 0 radical (unpaired) electrons. The molecule has 1 aromatic carbocycles. The van der Waals surface area contributed by atoms with Crippen LogP contribution in [0.15, 0.2) is 41.1 Å². The van der Waals surface area contributed by atoms with Crippen LogP contribution in [-0.4, -0.2) is 25.2 Å². The number of benzene rings is 1. The van der Waals surface area contributed by atoms with Crippen LogP contribution in [0.3, 0.4) is 0 Å². The first-order valence-corrected chi connectivity index (χ1v) is 7.42. The first-order valence-electron chi connectivity index (χ1n) is 6.47. The Balaban J connectivity index is 1.49. The first kappa shape index (κ1) is 13.0. The second-order valence-corrected chi connectivity index (χ2v) is 5.39. The van der Waals surface area contributed by atoms with Gasteiger partial charge in [-0.2, -0.15) is 11.3 Å². The summed E-state index contributed by atoms with van der Waals surface area (Å²) < 4.78 is 11.4. The Morgan fingerprint density at radius 1 is 1.30 bits per heavy atom. The van der Waals surface area contributed by atoms with Crippen molar-refractivity contribution in [3.05, 3.63) is 46.7 Å². The molecule has 2 heterocycles. The van der Waals surface area contributed by atoms with Gasteiger partial charge in [-0.3, -0.25) is 4.79 Å². The van der Waals surface area contributed by atoms with E-state index in [-0.39, 0.29) is 12.0 Å². The molecule has 0 unspecified atom stereocenters. The van der Waals surface area contributed by atoms with Gasteiger partial charge >= 0.3 is 0 Å². The molecule has 4 nitrogen and oxygen atoms in total. The van der Waals surface area contributed by atoms with Crippen molar-refractivity contribution in [1.29, 1.82) is 0 Å². The summed E-state index contributed by atoms with van der Waals surface area (Å²) in [4.78, 5) is 11.8. The van der Waals surface area contributed by atoms with E-state index >= 15 is 0 Å². The highest BCUT2D eigenvalue weighted by molar-refractivity contribution is 7.07. The molecule has 1 N–H and O–H groups in total. The third-order valence-corrected chi connectivity index (χ3v) is 3.77. The van der Waals surface area contributed by atoms with Crippen LogP contribution in [0.25, 0.3) is 0 Å². The number of nitrogens with one attached hydrogen (secondary N) is 1. The van der Waals surface area contributed by atoms with Crippen LogP contribution < -0.4 is 14.8 Å². The molecule has 1 amide bonds. The van der Waals surface area contributed by atoms with Crippen molar-refractivity contribution in [2.24, 2.45) is 0 Å². The standard InChI is InChI=1S/C15H15NO3S/c17-15(7-11-5-6-20-10-11)16-8-12-9-18-13-3-1-2-4-14(13)19-12/h1-6,10,12H,7-9H2,(H,16,17)/t12-/m0/s1. The molecule has 0 spiro atoms. The van der Waals surface area contributed by atoms with Crippen LogP contribution in [0.1, 0.15) is 5.56 Å². The van der Waals surface area contributed by atoms with E-state index in [1.54, 1.807) is 11.3 Å². The van der Waals surface area contributed by atoms with Gasteiger partial charge in [0, 0.05) is 0 Å². The lowest BCUT2D eigenvalue weighted by molar-refractivity contribution is -0.120. The monoisotopic (exact) mass is 289 g/mol. The third kappa shape index (κ3) is 3.11. The van der Waals surface area contributed by atoms with E-state index in [2.05, 4.69) is 5.32 Å². The van der Waals surface area contributed by atoms with Gasteiger partial charge < -0.3 is 14.8 Å². The highest BCUT2D eigenvalue weighted by Crippen LogP contribution is 2.30. The minimum atomic E-state index is -0.142. The van der Waals surface area contributed by atoms with Gasteiger partial charge in [-0.1, -0.05) is 12.1 Å². The number of carbonyl (C=O) groups excluding carboxylic acids is 1. The summed E-state index contributed by atoms with van der Waals surface area (Å²) in [5, 5.41) is 6.83. The second kappa shape index (κ2) is 5.96. The van der Waals surface area contributed by atoms with Gasteiger partial charge in [0.2, 0.25) is 5.91 Å². The molecule has 20 heavy (non-hydrogen) atoms. The van der Waals surface area contributed by atoms with E-state index in [1.807, 2.05) is 41.1 Å². The van der Waals surface area contributed by atoms with E-state index in [4.69, 9.17) is 9.47 Å². The second-order valence-electron chi connectivity index (χ2n) is 4.61. The lowest BCUT2D eigenvalue weighted by Gasteiger charge is -2.26. The summed E-state index contributed by atoms with van der Waals surface area (Å²) in [6.45, 7) is 0.910. The summed E-state index contributed by atoms with van der Waals surface area (Å²) in [5.74, 6) is 1.50. The van der Waals surface area contributed by atoms with Crippen LogP contribution in [-0.2, 0) is 11.2 Å². The number of carbonyl (C=O) groups is 1. The maximum Gasteiger partial charge on any atom is 0.224 e. The Labute approximate surface area is 121 Å². The molecule has 1 aromatic heterocycles. The third-order valence-electron chi connectivity index (χ3n) is 3.04. The SMILES string of the molecule is O=C(Cc1ccsc1)NC[C@H]1COc2ccccc2O1. The molecule has 0 bridgehead atoms. The molecule has 1 aliphatic rings. The number of thiophene rings is 1. The number of hydrogen-bond donors (Lipinski definition) is 1. The van der Waals surface area contributed by atoms with Crippen molar-refractivity contribution in [3.8, 4) is 11.5 Å². The number of amides is 1. The average Bonchev–Trinajstić information content (AvgIpc) is 2.98. The quantitative estimate of drug-likeness (QED) is 0.939. The molecule has 1 atom stereocenters. The summed E-state index contributed by atoms with van der Waals surface area (Å²) >= 11 is 1.60. The first-order chi connectivity index (χ1) is 9.81. The maximum absolute atomic E-state index is 11.8. The van der Waals surface area contributed by atoms with Crippen LogP contribution in [0, 0.1) is 0 Å². The zero-order chi connectivity index (χ0) is 13.8. The molecule has 3 rings (SSSR count). The smallest absolute Gasteiger partial charge is 0.224 e. The van der Waals surface area contributed by atoms with E-state index in [0.29, 0.717) is 19.6 Å². The van der Waals surface area contributed by atoms with Crippen LogP contribution >= 0.6 is 11.3 Å². The normalized spacial score (nSPS) is 16.7. The Bertz CT molecular complexity index is 583. The fourth-order valence-electron chi connectivity index (χ4n) is 2.03. The molecule has 2 aromatic rings. The fourth-order valence-corrected chi connectivity index (χ4v) is 2.70. The number of para-hydroxylation sites is 2. The van der Waals surface area contributed by atoms with Gasteiger partial charge in [0.15, 0.2) is 11.5 Å². The molecule has 5 heteroatoms. The zero-order valence-corrected chi connectivity index (χ0v) is 11.7. The van der Waals surface area contributed by atoms with E-state index in [9.17, 15) is 4.79 Å². The van der Waals surface area contributed by atoms with Gasteiger partial charge in [0.05, 0.1) is 13.0 Å². The summed E-state index contributed by atoms with van der Waals surface area (Å²) in [7, 11) is 0. The van der Waals surface area contributed by atoms with Crippen molar-refractivity contribution >= 4 is 17.2 Å². The highest BCUT2D eigenvalue weighted by Gasteiger charge is 2.20. The van der Waals surface area contributed by atoms with Crippen molar-refractivity contribution in [2.75, 3.05) is 13.2 Å². The molecule has 104 valence electrons. The van der Waals surface area contributed by atoms with Gasteiger partial charge in [-0.15, -0.1) is 0 Å². The van der Waals surface area contributed by atoms with E-state index < -0.39 is 0 Å². The largest absolute Gasteiger partial charge is 0.486 e. The highest BCUT2D eigenvalue weighted by atomic mass is 32.1. The molecular weight excluding hydrogens is 274 g/mol. The van der Waals surface area contributed by atoms with Crippen molar-refractivity contribution in [3.63, 3.8) is 0 Å². The Kier molecular flexibility index (Phi) is 3.87. The van der Waals surface area contributed by atoms with Crippen LogP contribution in [0.2, 0.25) is 0 Å². The Morgan fingerprint density at radius 2 is 2.15 bits per heavy atom. The lowest BCUT2D eigenvalue weighted by atomic mass is 10.2. The molecule has 1 aliphatic heterocycles. The minimum absolute atomic E-state index is 0.00542. The predicted octanol–water partition coefficient (Wildman–Crippen LogP) is 2.25. The maximum atomic E-state index is 11.8. The minimum Gasteiger partial charge on any atom is -0.486 e.